The van der Waals surface area contributed by atoms with Crippen LogP contribution in [0.25, 0.3) is 0 Å². The van der Waals surface area contributed by atoms with E-state index in [0.29, 0.717) is 17.4 Å². The molecule has 19 heavy (non-hydrogen) atoms. The summed E-state index contributed by atoms with van der Waals surface area (Å²) in [6.45, 7) is 3.85. The number of phenols is 1. The Kier molecular flexibility index (Phi) is 4.43. The number of methoxy groups -OCH3 is 1. The van der Waals surface area contributed by atoms with Crippen molar-refractivity contribution in [1.29, 1.82) is 0 Å². The second-order valence-electron chi connectivity index (χ2n) is 5.06. The highest BCUT2D eigenvalue weighted by Crippen LogP contribution is 2.28. The Morgan fingerprint density at radius 2 is 2.32 bits per heavy atom. The number of ether oxygens (including phenoxy) is 1. The summed E-state index contributed by atoms with van der Waals surface area (Å²) in [6.07, 6.45) is 2.45. The van der Waals surface area contributed by atoms with E-state index in [4.69, 9.17) is 4.74 Å². The predicted molar refractivity (Wildman–Crippen MR) is 77.4 cm³/mol. The maximum absolute atomic E-state index is 9.97. The zero-order chi connectivity index (χ0) is 13.8. The summed E-state index contributed by atoms with van der Waals surface area (Å²) in [5, 5.41) is 9.97. The first kappa shape index (κ1) is 13.9. The molecule has 0 aromatic heterocycles. The number of hydrogen-bond acceptors (Lipinski definition) is 4. The second kappa shape index (κ2) is 6.06. The third kappa shape index (κ3) is 3.07. The lowest BCUT2D eigenvalue weighted by molar-refractivity contribution is 0.317. The number of aliphatic imine (C=N–C) groups is 1. The fraction of sp³-hybridized carbons (Fsp3) is 0.533. The van der Waals surface area contributed by atoms with Crippen LogP contribution in [0.1, 0.15) is 25.3 Å². The van der Waals surface area contributed by atoms with Gasteiger partial charge in [0.05, 0.1) is 19.2 Å². The Bertz CT molecular complexity index is 471. The van der Waals surface area contributed by atoms with Gasteiger partial charge < -0.3 is 14.7 Å². The average molecular weight is 262 g/mol. The number of phenolic OH excluding ortho intramolecular Hbond substituents is 1. The number of likely N-dealkylation sites (N-methyl/N-ethyl adjacent to an activating group) is 1. The quantitative estimate of drug-likeness (QED) is 0.847. The molecule has 1 fully saturated rings. The van der Waals surface area contributed by atoms with Crippen LogP contribution in [-0.4, -0.2) is 49.0 Å². The summed E-state index contributed by atoms with van der Waals surface area (Å²) in [6, 6.07) is 5.80. The van der Waals surface area contributed by atoms with Crippen molar-refractivity contribution >= 4 is 5.71 Å². The Morgan fingerprint density at radius 3 is 2.95 bits per heavy atom. The minimum atomic E-state index is 0.223. The topological polar surface area (TPSA) is 45.1 Å². The van der Waals surface area contributed by atoms with Gasteiger partial charge in [-0.3, -0.25) is 4.99 Å². The number of nitrogens with zero attached hydrogens (tertiary/aromatic N) is 2. The smallest absolute Gasteiger partial charge is 0.131 e. The van der Waals surface area contributed by atoms with Crippen molar-refractivity contribution in [2.45, 2.75) is 25.8 Å². The first-order chi connectivity index (χ1) is 9.13. The molecule has 0 bridgehead atoms. The zero-order valence-electron chi connectivity index (χ0n) is 11.9. The maximum atomic E-state index is 9.97. The monoisotopic (exact) mass is 262 g/mol. The van der Waals surface area contributed by atoms with Crippen LogP contribution in [-0.2, 0) is 0 Å². The van der Waals surface area contributed by atoms with E-state index in [1.54, 1.807) is 19.2 Å². The van der Waals surface area contributed by atoms with Crippen molar-refractivity contribution in [1.82, 2.24) is 4.90 Å². The van der Waals surface area contributed by atoms with Gasteiger partial charge in [-0.05, 0) is 45.5 Å². The first-order valence-corrected chi connectivity index (χ1v) is 6.71. The lowest BCUT2D eigenvalue weighted by Gasteiger charge is -2.17. The predicted octanol–water partition coefficient (Wildman–Crippen LogP) is 2.30. The Morgan fingerprint density at radius 1 is 1.53 bits per heavy atom. The zero-order valence-corrected chi connectivity index (χ0v) is 11.9. The molecule has 0 saturated carbocycles. The van der Waals surface area contributed by atoms with Crippen molar-refractivity contribution < 1.29 is 9.84 Å². The number of likely N-dealkylation sites (tertiary alicyclic amines) is 1. The van der Waals surface area contributed by atoms with Crippen LogP contribution in [0.15, 0.2) is 23.2 Å². The average Bonchev–Trinajstić information content (AvgIpc) is 2.81. The largest absolute Gasteiger partial charge is 0.507 e. The van der Waals surface area contributed by atoms with Gasteiger partial charge in [-0.2, -0.15) is 0 Å². The lowest BCUT2D eigenvalue weighted by Crippen LogP contribution is -2.27. The van der Waals surface area contributed by atoms with Crippen LogP contribution in [0, 0.1) is 0 Å². The Balaban J connectivity index is 2.16. The van der Waals surface area contributed by atoms with Gasteiger partial charge in [-0.1, -0.05) is 6.07 Å². The van der Waals surface area contributed by atoms with Crippen LogP contribution < -0.4 is 4.74 Å². The van der Waals surface area contributed by atoms with Gasteiger partial charge >= 0.3 is 0 Å². The van der Waals surface area contributed by atoms with Crippen LogP contribution in [0.2, 0.25) is 0 Å². The molecule has 1 atom stereocenters. The van der Waals surface area contributed by atoms with E-state index < -0.39 is 0 Å². The molecule has 4 heteroatoms. The van der Waals surface area contributed by atoms with E-state index in [9.17, 15) is 5.11 Å². The van der Waals surface area contributed by atoms with Gasteiger partial charge in [-0.15, -0.1) is 0 Å². The van der Waals surface area contributed by atoms with Crippen molar-refractivity contribution in [2.75, 3.05) is 27.2 Å². The summed E-state index contributed by atoms with van der Waals surface area (Å²) in [5.41, 5.74) is 1.53. The summed E-state index contributed by atoms with van der Waals surface area (Å²) in [5.74, 6) is 0.890. The molecule has 1 aromatic rings. The molecule has 0 aliphatic carbocycles. The van der Waals surface area contributed by atoms with Gasteiger partial charge in [0.1, 0.15) is 11.5 Å². The fourth-order valence-corrected chi connectivity index (χ4v) is 2.58. The Labute approximate surface area is 114 Å². The van der Waals surface area contributed by atoms with E-state index in [-0.39, 0.29) is 5.75 Å². The van der Waals surface area contributed by atoms with Crippen LogP contribution in [0.3, 0.4) is 0 Å². The number of aromatic hydroxyl groups is 1. The molecule has 104 valence electrons. The van der Waals surface area contributed by atoms with Crippen LogP contribution in [0.4, 0.5) is 0 Å². The summed E-state index contributed by atoms with van der Waals surface area (Å²) >= 11 is 0. The maximum Gasteiger partial charge on any atom is 0.131 e. The highest BCUT2D eigenvalue weighted by Gasteiger charge is 2.20. The van der Waals surface area contributed by atoms with Crippen molar-refractivity contribution in [3.05, 3.63) is 23.8 Å². The number of hydrogen-bond donors (Lipinski definition) is 1. The molecular formula is C15H22N2O2. The minimum absolute atomic E-state index is 0.223. The minimum Gasteiger partial charge on any atom is -0.507 e. The SMILES string of the molecule is COc1cccc(O)c1C(C)=NCC1CCCN1C. The molecule has 1 aliphatic heterocycles. The summed E-state index contributed by atoms with van der Waals surface area (Å²) in [7, 11) is 3.75. The van der Waals surface area contributed by atoms with Gasteiger partial charge in [-0.25, -0.2) is 0 Å². The van der Waals surface area contributed by atoms with E-state index in [1.165, 1.54) is 12.8 Å². The van der Waals surface area contributed by atoms with E-state index >= 15 is 0 Å². The Hall–Kier alpha value is -1.55. The summed E-state index contributed by atoms with van der Waals surface area (Å²) in [4.78, 5) is 6.98. The third-order valence-corrected chi connectivity index (χ3v) is 3.80. The lowest BCUT2D eigenvalue weighted by atomic mass is 10.1. The van der Waals surface area contributed by atoms with Gasteiger partial charge in [0.15, 0.2) is 0 Å². The molecule has 1 aliphatic rings. The van der Waals surface area contributed by atoms with Gasteiger partial charge in [0.25, 0.3) is 0 Å². The molecule has 1 unspecified atom stereocenters. The summed E-state index contributed by atoms with van der Waals surface area (Å²) < 4.78 is 5.29. The molecule has 0 spiro atoms. The molecule has 0 radical (unpaired) electrons. The normalized spacial score (nSPS) is 20.8. The van der Waals surface area contributed by atoms with Gasteiger partial charge in [0.2, 0.25) is 0 Å². The first-order valence-electron chi connectivity index (χ1n) is 6.71. The van der Waals surface area contributed by atoms with E-state index in [2.05, 4.69) is 16.9 Å². The van der Waals surface area contributed by atoms with Crippen molar-refractivity contribution in [3.8, 4) is 11.5 Å². The van der Waals surface area contributed by atoms with E-state index in [0.717, 1.165) is 18.8 Å². The van der Waals surface area contributed by atoms with Gasteiger partial charge in [0, 0.05) is 11.8 Å². The molecule has 1 aromatic carbocycles. The number of benzene rings is 1. The molecule has 2 rings (SSSR count). The molecular weight excluding hydrogens is 240 g/mol. The standard InChI is InChI=1S/C15H22N2O2/c1-11(16-10-12-6-5-9-17(12)2)15-13(18)7-4-8-14(15)19-3/h4,7-8,12,18H,5-6,9-10H2,1-3H3. The van der Waals surface area contributed by atoms with Crippen LogP contribution in [0.5, 0.6) is 11.5 Å². The third-order valence-electron chi connectivity index (χ3n) is 3.80. The van der Waals surface area contributed by atoms with Crippen molar-refractivity contribution in [3.63, 3.8) is 0 Å². The molecule has 1 N–H and O–H groups in total. The molecule has 1 saturated heterocycles. The van der Waals surface area contributed by atoms with Crippen LogP contribution >= 0.6 is 0 Å². The second-order valence-corrected chi connectivity index (χ2v) is 5.06. The molecule has 1 heterocycles. The fourth-order valence-electron chi connectivity index (χ4n) is 2.58. The highest BCUT2D eigenvalue weighted by molar-refractivity contribution is 6.03. The number of rotatable bonds is 4. The highest BCUT2D eigenvalue weighted by atomic mass is 16.5. The van der Waals surface area contributed by atoms with Crippen molar-refractivity contribution in [2.24, 2.45) is 4.99 Å². The van der Waals surface area contributed by atoms with E-state index in [1.807, 2.05) is 13.0 Å². The molecule has 4 nitrogen and oxygen atoms in total. The molecule has 0 amide bonds.